The molecular formula is C30H32N2O6S. The van der Waals surface area contributed by atoms with E-state index in [4.69, 9.17) is 18.9 Å². The monoisotopic (exact) mass is 548 g/mol. The van der Waals surface area contributed by atoms with Gasteiger partial charge in [0.25, 0.3) is 5.91 Å². The van der Waals surface area contributed by atoms with E-state index in [0.717, 1.165) is 41.8 Å². The van der Waals surface area contributed by atoms with E-state index in [1.165, 1.54) is 17.6 Å². The minimum Gasteiger partial charge on any atom is -0.493 e. The Morgan fingerprint density at radius 1 is 1.10 bits per heavy atom. The van der Waals surface area contributed by atoms with Crippen molar-refractivity contribution in [2.45, 2.75) is 52.6 Å². The van der Waals surface area contributed by atoms with Crippen molar-refractivity contribution >= 4 is 28.2 Å². The van der Waals surface area contributed by atoms with Crippen LogP contribution in [0.25, 0.3) is 0 Å². The lowest BCUT2D eigenvalue weighted by molar-refractivity contribution is 0.0729. The molecule has 6 rings (SSSR count). The zero-order chi connectivity index (χ0) is 27.3. The first-order chi connectivity index (χ1) is 18.8. The Kier molecular flexibility index (Phi) is 6.41. The second-order valence-electron chi connectivity index (χ2n) is 10.9. The summed E-state index contributed by atoms with van der Waals surface area (Å²) in [6, 6.07) is 10.2. The van der Waals surface area contributed by atoms with Gasteiger partial charge in [0.1, 0.15) is 11.2 Å². The number of ether oxygens (including phenoxy) is 4. The number of anilines is 1. The van der Waals surface area contributed by atoms with E-state index in [-0.39, 0.29) is 23.9 Å². The molecule has 2 aliphatic heterocycles. The van der Waals surface area contributed by atoms with Gasteiger partial charge >= 0.3 is 5.97 Å². The van der Waals surface area contributed by atoms with Gasteiger partial charge in [-0.1, -0.05) is 33.3 Å². The van der Waals surface area contributed by atoms with Crippen LogP contribution in [0.2, 0.25) is 0 Å². The molecule has 3 aromatic rings. The SMILES string of the molecule is CCC(C)(C)[C@H]1CCc2c(sc3c2C(=O)N[C@H](c2ccc(OC(=O)c4ccc5c(c4)OCO5)c(OC)c2)N3)C1. The fraction of sp³-hybridized carbons (Fsp3) is 0.400. The zero-order valence-corrected chi connectivity index (χ0v) is 23.3. The van der Waals surface area contributed by atoms with E-state index in [1.54, 1.807) is 41.7 Å². The Bertz CT molecular complexity index is 1460. The van der Waals surface area contributed by atoms with Crippen molar-refractivity contribution in [2.24, 2.45) is 11.3 Å². The molecule has 2 aromatic carbocycles. The van der Waals surface area contributed by atoms with Gasteiger partial charge in [-0.25, -0.2) is 4.79 Å². The Labute approximate surface area is 231 Å². The summed E-state index contributed by atoms with van der Waals surface area (Å²) < 4.78 is 21.8. The lowest BCUT2D eigenvalue weighted by atomic mass is 9.69. The molecule has 0 bridgehead atoms. The largest absolute Gasteiger partial charge is 0.493 e. The second-order valence-corrected chi connectivity index (χ2v) is 12.0. The van der Waals surface area contributed by atoms with E-state index in [0.29, 0.717) is 28.7 Å². The van der Waals surface area contributed by atoms with Crippen LogP contribution in [0.3, 0.4) is 0 Å². The van der Waals surface area contributed by atoms with E-state index in [2.05, 4.69) is 31.4 Å². The summed E-state index contributed by atoms with van der Waals surface area (Å²) in [5.74, 6) is 1.78. The molecule has 0 fully saturated rings. The number of nitrogens with one attached hydrogen (secondary N) is 2. The fourth-order valence-corrected chi connectivity index (χ4v) is 6.90. The molecule has 0 spiro atoms. The minimum atomic E-state index is -0.540. The highest BCUT2D eigenvalue weighted by molar-refractivity contribution is 7.16. The molecular weight excluding hydrogens is 516 g/mol. The predicted molar refractivity (Wildman–Crippen MR) is 148 cm³/mol. The number of rotatable bonds is 6. The van der Waals surface area contributed by atoms with Crippen molar-refractivity contribution in [2.75, 3.05) is 19.2 Å². The van der Waals surface area contributed by atoms with Crippen LogP contribution in [-0.4, -0.2) is 25.8 Å². The first-order valence-corrected chi connectivity index (χ1v) is 14.1. The summed E-state index contributed by atoms with van der Waals surface area (Å²) in [5, 5.41) is 7.55. The van der Waals surface area contributed by atoms with E-state index < -0.39 is 12.1 Å². The molecule has 2 atom stereocenters. The fourth-order valence-electron chi connectivity index (χ4n) is 5.55. The first-order valence-electron chi connectivity index (χ1n) is 13.3. The van der Waals surface area contributed by atoms with Crippen LogP contribution in [0.4, 0.5) is 5.00 Å². The number of amides is 1. The van der Waals surface area contributed by atoms with Gasteiger partial charge < -0.3 is 29.6 Å². The predicted octanol–water partition coefficient (Wildman–Crippen LogP) is 6.10. The van der Waals surface area contributed by atoms with Gasteiger partial charge in [0.15, 0.2) is 23.0 Å². The molecule has 0 saturated heterocycles. The summed E-state index contributed by atoms with van der Waals surface area (Å²) in [4.78, 5) is 27.4. The third kappa shape index (κ3) is 4.58. The maximum atomic E-state index is 13.3. The molecule has 3 aliphatic rings. The van der Waals surface area contributed by atoms with Gasteiger partial charge in [-0.3, -0.25) is 4.79 Å². The molecule has 9 heteroatoms. The van der Waals surface area contributed by atoms with Gasteiger partial charge in [0, 0.05) is 4.88 Å². The highest BCUT2D eigenvalue weighted by atomic mass is 32.1. The van der Waals surface area contributed by atoms with Gasteiger partial charge in [-0.15, -0.1) is 11.3 Å². The van der Waals surface area contributed by atoms with Crippen LogP contribution >= 0.6 is 11.3 Å². The van der Waals surface area contributed by atoms with Crippen LogP contribution in [0.5, 0.6) is 23.0 Å². The molecule has 1 aliphatic carbocycles. The molecule has 1 amide bonds. The van der Waals surface area contributed by atoms with E-state index >= 15 is 0 Å². The lowest BCUT2D eigenvalue weighted by Crippen LogP contribution is -2.38. The quantitative estimate of drug-likeness (QED) is 0.284. The van der Waals surface area contributed by atoms with Crippen molar-refractivity contribution in [1.82, 2.24) is 5.32 Å². The number of carbonyl (C=O) groups is 2. The minimum absolute atomic E-state index is 0.0586. The molecule has 0 unspecified atom stereocenters. The highest BCUT2D eigenvalue weighted by Crippen LogP contribution is 2.47. The zero-order valence-electron chi connectivity index (χ0n) is 22.5. The molecule has 3 heterocycles. The summed E-state index contributed by atoms with van der Waals surface area (Å²) >= 11 is 1.71. The standard InChI is InChI=1S/C30H32N2O6S/c1-5-30(2,3)18-8-9-19-24(14-18)39-28-25(19)27(33)31-26(32-28)16-6-11-21(22(12-16)35-4)38-29(34)17-7-10-20-23(13-17)37-15-36-20/h6-7,10-13,18,26,32H,5,8-9,14-15H2,1-4H3,(H,31,33)/t18-,26-/m0/s1. The first kappa shape index (κ1) is 25.6. The van der Waals surface area contributed by atoms with Crippen molar-refractivity contribution in [3.05, 3.63) is 63.5 Å². The number of methoxy groups -OCH3 is 1. The number of hydrogen-bond donors (Lipinski definition) is 2. The Morgan fingerprint density at radius 3 is 2.72 bits per heavy atom. The average molecular weight is 549 g/mol. The summed E-state index contributed by atoms with van der Waals surface area (Å²) in [6.07, 6.45) is 3.78. The average Bonchev–Trinajstić information content (AvgIpc) is 3.56. The summed E-state index contributed by atoms with van der Waals surface area (Å²) in [5.41, 5.74) is 3.41. The summed E-state index contributed by atoms with van der Waals surface area (Å²) in [7, 11) is 1.52. The van der Waals surface area contributed by atoms with Gasteiger partial charge in [0.05, 0.1) is 18.2 Å². The van der Waals surface area contributed by atoms with Gasteiger partial charge in [-0.05, 0) is 72.1 Å². The second kappa shape index (κ2) is 9.79. The Balaban J connectivity index is 1.21. The number of esters is 1. The molecule has 2 N–H and O–H groups in total. The van der Waals surface area contributed by atoms with Crippen molar-refractivity contribution < 1.29 is 28.5 Å². The molecule has 204 valence electrons. The van der Waals surface area contributed by atoms with Crippen LogP contribution in [-0.2, 0) is 12.8 Å². The maximum Gasteiger partial charge on any atom is 0.343 e. The van der Waals surface area contributed by atoms with Gasteiger partial charge in [0.2, 0.25) is 6.79 Å². The maximum absolute atomic E-state index is 13.3. The van der Waals surface area contributed by atoms with E-state index in [9.17, 15) is 9.59 Å². The lowest BCUT2D eigenvalue weighted by Gasteiger charge is -2.36. The van der Waals surface area contributed by atoms with Crippen LogP contribution in [0.1, 0.15) is 76.5 Å². The highest BCUT2D eigenvalue weighted by Gasteiger charge is 2.37. The Morgan fingerprint density at radius 2 is 1.92 bits per heavy atom. The van der Waals surface area contributed by atoms with Crippen molar-refractivity contribution in [1.29, 1.82) is 0 Å². The normalized spacial score (nSPS) is 19.4. The van der Waals surface area contributed by atoms with E-state index in [1.807, 2.05) is 6.07 Å². The summed E-state index contributed by atoms with van der Waals surface area (Å²) in [6.45, 7) is 7.08. The molecule has 39 heavy (non-hydrogen) atoms. The van der Waals surface area contributed by atoms with Crippen molar-refractivity contribution in [3.63, 3.8) is 0 Å². The molecule has 8 nitrogen and oxygen atoms in total. The molecule has 0 saturated carbocycles. The third-order valence-corrected chi connectivity index (χ3v) is 9.58. The van der Waals surface area contributed by atoms with Gasteiger partial charge in [-0.2, -0.15) is 0 Å². The number of fused-ring (bicyclic) bond motifs is 4. The molecule has 1 aromatic heterocycles. The van der Waals surface area contributed by atoms with Crippen LogP contribution in [0, 0.1) is 11.3 Å². The number of thiophene rings is 1. The topological polar surface area (TPSA) is 95.1 Å². The number of benzene rings is 2. The Hall–Kier alpha value is -3.72. The van der Waals surface area contributed by atoms with Crippen LogP contribution < -0.4 is 29.6 Å². The molecule has 0 radical (unpaired) electrons. The smallest absolute Gasteiger partial charge is 0.343 e. The van der Waals surface area contributed by atoms with Crippen LogP contribution in [0.15, 0.2) is 36.4 Å². The number of hydrogen-bond acceptors (Lipinski definition) is 8. The number of carbonyl (C=O) groups excluding carboxylic acids is 2. The van der Waals surface area contributed by atoms with Crippen molar-refractivity contribution in [3.8, 4) is 23.0 Å². The third-order valence-electron chi connectivity index (χ3n) is 8.39.